The van der Waals surface area contributed by atoms with Gasteiger partial charge in [-0.05, 0) is 48.9 Å². The molecule has 2 aromatic carbocycles. The van der Waals surface area contributed by atoms with Crippen molar-refractivity contribution in [2.45, 2.75) is 17.4 Å². The Morgan fingerprint density at radius 2 is 1.84 bits per heavy atom. The van der Waals surface area contributed by atoms with Crippen LogP contribution in [0.4, 0.5) is 20.2 Å². The summed E-state index contributed by atoms with van der Waals surface area (Å²) in [7, 11) is -2.30. The Bertz CT molecular complexity index is 857. The maximum atomic E-state index is 13.3. The van der Waals surface area contributed by atoms with E-state index >= 15 is 0 Å². The second-order valence-corrected chi connectivity index (χ2v) is 7.50. The van der Waals surface area contributed by atoms with Crippen molar-refractivity contribution in [3.63, 3.8) is 0 Å². The predicted octanol–water partition coefficient (Wildman–Crippen LogP) is 2.99. The molecule has 1 N–H and O–H groups in total. The number of nitrogens with one attached hydrogen (secondary N) is 1. The van der Waals surface area contributed by atoms with Gasteiger partial charge in [0.15, 0.2) is 11.6 Å². The molecule has 1 heterocycles. The molecule has 25 heavy (non-hydrogen) atoms. The highest BCUT2D eigenvalue weighted by Gasteiger charge is 2.22. The van der Waals surface area contributed by atoms with Crippen molar-refractivity contribution in [2.75, 3.05) is 29.8 Å². The fraction of sp³-hybridized carbons (Fsp3) is 0.294. The van der Waals surface area contributed by atoms with Crippen molar-refractivity contribution in [1.82, 2.24) is 0 Å². The first kappa shape index (κ1) is 17.6. The maximum Gasteiger partial charge on any atom is 0.261 e. The zero-order valence-electron chi connectivity index (χ0n) is 13.6. The van der Waals surface area contributed by atoms with Crippen LogP contribution in [0.2, 0.25) is 0 Å². The number of benzene rings is 2. The van der Waals surface area contributed by atoms with Gasteiger partial charge in [0.05, 0.1) is 11.0 Å². The molecule has 1 aliphatic heterocycles. The van der Waals surface area contributed by atoms with Crippen molar-refractivity contribution in [2.24, 2.45) is 0 Å². The average Bonchev–Trinajstić information content (AvgIpc) is 3.06. The molecule has 0 spiro atoms. The molecule has 8 heteroatoms. The van der Waals surface area contributed by atoms with Crippen LogP contribution in [0.1, 0.15) is 6.42 Å². The van der Waals surface area contributed by atoms with E-state index in [1.807, 2.05) is 0 Å². The Labute approximate surface area is 145 Å². The molecule has 5 nitrogen and oxygen atoms in total. The average molecular weight is 368 g/mol. The summed E-state index contributed by atoms with van der Waals surface area (Å²) >= 11 is 0. The third kappa shape index (κ3) is 3.91. The van der Waals surface area contributed by atoms with E-state index in [1.54, 1.807) is 31.4 Å². The van der Waals surface area contributed by atoms with E-state index in [4.69, 9.17) is 4.74 Å². The summed E-state index contributed by atoms with van der Waals surface area (Å²) < 4.78 is 58.4. The first-order valence-electron chi connectivity index (χ1n) is 7.75. The molecule has 1 fully saturated rings. The Hall–Kier alpha value is -2.19. The van der Waals surface area contributed by atoms with Crippen molar-refractivity contribution in [1.29, 1.82) is 0 Å². The van der Waals surface area contributed by atoms with Gasteiger partial charge >= 0.3 is 0 Å². The molecule has 134 valence electrons. The minimum Gasteiger partial charge on any atom is -0.380 e. The van der Waals surface area contributed by atoms with Crippen LogP contribution >= 0.6 is 0 Å². The standard InChI is InChI=1S/C17H18F2N2O3S/c1-24-14-8-9-21(11-14)13-4-2-12(3-5-13)20-25(22,23)15-6-7-16(18)17(19)10-15/h2-7,10,14,20H,8-9,11H2,1H3/t14-/m1/s1. The molecule has 0 unspecified atom stereocenters. The second kappa shape index (κ2) is 6.97. The molecule has 1 atom stereocenters. The number of nitrogens with zero attached hydrogens (tertiary/aromatic N) is 1. The molecule has 1 saturated heterocycles. The number of hydrogen-bond donors (Lipinski definition) is 1. The van der Waals surface area contributed by atoms with Crippen LogP contribution in [0.25, 0.3) is 0 Å². The fourth-order valence-corrected chi connectivity index (χ4v) is 3.82. The van der Waals surface area contributed by atoms with Crippen molar-refractivity contribution in [3.8, 4) is 0 Å². The monoisotopic (exact) mass is 368 g/mol. The molecule has 0 amide bonds. The maximum absolute atomic E-state index is 13.3. The molecule has 0 aromatic heterocycles. The quantitative estimate of drug-likeness (QED) is 0.882. The zero-order valence-corrected chi connectivity index (χ0v) is 14.4. The van der Waals surface area contributed by atoms with Gasteiger partial charge < -0.3 is 9.64 Å². The van der Waals surface area contributed by atoms with Gasteiger partial charge in [-0.25, -0.2) is 17.2 Å². The van der Waals surface area contributed by atoms with Crippen LogP contribution in [0.15, 0.2) is 47.4 Å². The van der Waals surface area contributed by atoms with Crippen LogP contribution < -0.4 is 9.62 Å². The minimum absolute atomic E-state index is 0.201. The topological polar surface area (TPSA) is 58.6 Å². The van der Waals surface area contributed by atoms with Gasteiger partial charge in [0.2, 0.25) is 0 Å². The minimum atomic E-state index is -3.99. The summed E-state index contributed by atoms with van der Waals surface area (Å²) in [6.45, 7) is 1.66. The summed E-state index contributed by atoms with van der Waals surface area (Å²) in [5, 5.41) is 0. The highest BCUT2D eigenvalue weighted by molar-refractivity contribution is 7.92. The molecule has 1 aliphatic rings. The summed E-state index contributed by atoms with van der Waals surface area (Å²) in [5.74, 6) is -2.30. The van der Waals surface area contributed by atoms with Gasteiger partial charge in [-0.1, -0.05) is 0 Å². The lowest BCUT2D eigenvalue weighted by Crippen LogP contribution is -2.22. The lowest BCUT2D eigenvalue weighted by molar-refractivity contribution is 0.121. The van der Waals surface area contributed by atoms with Crippen LogP contribution in [0, 0.1) is 11.6 Å². The molecular formula is C17H18F2N2O3S. The van der Waals surface area contributed by atoms with E-state index in [-0.39, 0.29) is 11.0 Å². The first-order valence-corrected chi connectivity index (χ1v) is 9.23. The Morgan fingerprint density at radius 3 is 2.44 bits per heavy atom. The predicted molar refractivity (Wildman–Crippen MR) is 91.2 cm³/mol. The fourth-order valence-electron chi connectivity index (χ4n) is 2.75. The van der Waals surface area contributed by atoms with Crippen molar-refractivity contribution >= 4 is 21.4 Å². The summed E-state index contributed by atoms with van der Waals surface area (Å²) in [4.78, 5) is 1.82. The molecule has 0 saturated carbocycles. The van der Waals surface area contributed by atoms with Crippen LogP contribution in [-0.4, -0.2) is 34.7 Å². The number of halogens is 2. The lowest BCUT2D eigenvalue weighted by atomic mass is 10.2. The number of hydrogen-bond acceptors (Lipinski definition) is 4. The SMILES string of the molecule is CO[C@@H]1CCN(c2ccc(NS(=O)(=O)c3ccc(F)c(F)c3)cc2)C1. The second-order valence-electron chi connectivity index (χ2n) is 5.82. The van der Waals surface area contributed by atoms with Crippen LogP contribution in [-0.2, 0) is 14.8 Å². The molecular weight excluding hydrogens is 350 g/mol. The van der Waals surface area contributed by atoms with Crippen LogP contribution in [0.3, 0.4) is 0 Å². The number of anilines is 2. The first-order chi connectivity index (χ1) is 11.9. The van der Waals surface area contributed by atoms with E-state index in [2.05, 4.69) is 9.62 Å². The van der Waals surface area contributed by atoms with E-state index in [0.29, 0.717) is 11.8 Å². The van der Waals surface area contributed by atoms with Gasteiger partial charge in [-0.3, -0.25) is 4.72 Å². The van der Waals surface area contributed by atoms with E-state index < -0.39 is 21.7 Å². The number of sulfonamides is 1. The Balaban J connectivity index is 1.73. The lowest BCUT2D eigenvalue weighted by Gasteiger charge is -2.19. The molecule has 0 bridgehead atoms. The van der Waals surface area contributed by atoms with Crippen LogP contribution in [0.5, 0.6) is 0 Å². The number of ether oxygens (including phenoxy) is 1. The zero-order chi connectivity index (χ0) is 18.0. The highest BCUT2D eigenvalue weighted by Crippen LogP contribution is 2.25. The Kier molecular flexibility index (Phi) is 4.91. The van der Waals surface area contributed by atoms with E-state index in [0.717, 1.165) is 37.3 Å². The largest absolute Gasteiger partial charge is 0.380 e. The number of methoxy groups -OCH3 is 1. The third-order valence-electron chi connectivity index (χ3n) is 4.16. The molecule has 2 aromatic rings. The summed E-state index contributed by atoms with van der Waals surface area (Å²) in [6.07, 6.45) is 1.15. The molecule has 3 rings (SSSR count). The van der Waals surface area contributed by atoms with Gasteiger partial charge in [-0.15, -0.1) is 0 Å². The third-order valence-corrected chi connectivity index (χ3v) is 5.54. The van der Waals surface area contributed by atoms with Gasteiger partial charge in [0.25, 0.3) is 10.0 Å². The van der Waals surface area contributed by atoms with Gasteiger partial charge in [-0.2, -0.15) is 0 Å². The number of rotatable bonds is 5. The summed E-state index contributed by atoms with van der Waals surface area (Å²) in [5.41, 5.74) is 1.31. The van der Waals surface area contributed by atoms with Crippen molar-refractivity contribution < 1.29 is 21.9 Å². The highest BCUT2D eigenvalue weighted by atomic mass is 32.2. The normalized spacial score (nSPS) is 17.7. The van der Waals surface area contributed by atoms with E-state index in [1.165, 1.54) is 0 Å². The van der Waals surface area contributed by atoms with Gasteiger partial charge in [0, 0.05) is 31.6 Å². The van der Waals surface area contributed by atoms with Crippen molar-refractivity contribution in [3.05, 3.63) is 54.1 Å². The van der Waals surface area contributed by atoms with E-state index in [9.17, 15) is 17.2 Å². The van der Waals surface area contributed by atoms with Gasteiger partial charge in [0.1, 0.15) is 0 Å². The summed E-state index contributed by atoms with van der Waals surface area (Å²) in [6, 6.07) is 9.33. The smallest absolute Gasteiger partial charge is 0.261 e. The molecule has 0 aliphatic carbocycles. The Morgan fingerprint density at radius 1 is 1.12 bits per heavy atom. The molecule has 0 radical (unpaired) electrons.